The monoisotopic (exact) mass is 397 g/mol. The fourth-order valence-electron chi connectivity index (χ4n) is 2.51. The van der Waals surface area contributed by atoms with Crippen molar-refractivity contribution in [3.63, 3.8) is 0 Å². The molecule has 0 saturated carbocycles. The van der Waals surface area contributed by atoms with Gasteiger partial charge in [-0.1, -0.05) is 0 Å². The minimum Gasteiger partial charge on any atom is -0.724 e. The standard InChI is InChI=1S/C12H17N5O7S.Na/c1-12(2,6-13)10(19)15-14-9(18)8-4-3-7-5-16(8)11(20)17(7)24-25(21,22)23;/h7-8H,3-5H2,1-2H3,(H,14,18)(H,15,19)(H,21,22,23);/q;+1/p-1/t7-,8-;/m0./s1. The van der Waals surface area contributed by atoms with Crippen LogP contribution in [-0.4, -0.2) is 59.4 Å². The van der Waals surface area contributed by atoms with Crippen LogP contribution >= 0.6 is 0 Å². The molecule has 2 rings (SSSR count). The average Bonchev–Trinajstić information content (AvgIpc) is 2.76. The maximum absolute atomic E-state index is 12.2. The molecule has 0 spiro atoms. The van der Waals surface area contributed by atoms with Crippen molar-refractivity contribution in [3.8, 4) is 6.07 Å². The number of urea groups is 1. The van der Waals surface area contributed by atoms with Crippen LogP contribution in [0, 0.1) is 16.7 Å². The second kappa shape index (κ2) is 8.07. The molecule has 2 heterocycles. The summed E-state index contributed by atoms with van der Waals surface area (Å²) in [6.07, 6.45) is 0.409. The first-order valence-electron chi connectivity index (χ1n) is 7.23. The third-order valence-electron chi connectivity index (χ3n) is 3.94. The quantitative estimate of drug-likeness (QED) is 0.206. The van der Waals surface area contributed by atoms with Crippen LogP contribution in [0.25, 0.3) is 0 Å². The van der Waals surface area contributed by atoms with Crippen molar-refractivity contribution in [1.82, 2.24) is 20.8 Å². The van der Waals surface area contributed by atoms with E-state index in [0.29, 0.717) is 5.06 Å². The summed E-state index contributed by atoms with van der Waals surface area (Å²) in [5.74, 6) is -1.44. The van der Waals surface area contributed by atoms with E-state index in [1.807, 2.05) is 0 Å². The van der Waals surface area contributed by atoms with Crippen LogP contribution in [0.4, 0.5) is 4.79 Å². The molecule has 0 aromatic carbocycles. The third-order valence-corrected chi connectivity index (χ3v) is 4.29. The maximum atomic E-state index is 12.2. The predicted octanol–water partition coefficient (Wildman–Crippen LogP) is -4.65. The summed E-state index contributed by atoms with van der Waals surface area (Å²) < 4.78 is 36.2. The van der Waals surface area contributed by atoms with E-state index < -0.39 is 45.7 Å². The molecule has 0 radical (unpaired) electrons. The van der Waals surface area contributed by atoms with E-state index in [4.69, 9.17) is 5.26 Å². The number of hydroxylamine groups is 2. The van der Waals surface area contributed by atoms with Gasteiger partial charge in [-0.05, 0) is 26.7 Å². The predicted molar refractivity (Wildman–Crippen MR) is 77.2 cm³/mol. The summed E-state index contributed by atoms with van der Waals surface area (Å²) in [4.78, 5) is 37.1. The smallest absolute Gasteiger partial charge is 0.724 e. The number of amides is 4. The van der Waals surface area contributed by atoms with Crippen LogP contribution in [-0.2, 0) is 24.3 Å². The van der Waals surface area contributed by atoms with Crippen LogP contribution in [0.3, 0.4) is 0 Å². The van der Waals surface area contributed by atoms with E-state index in [1.165, 1.54) is 13.8 Å². The first-order chi connectivity index (χ1) is 11.5. The minimum absolute atomic E-state index is 0. The molecule has 0 aromatic rings. The normalized spacial score (nSPS) is 22.3. The number of hydrogen-bond acceptors (Lipinski definition) is 8. The zero-order chi connectivity index (χ0) is 19.0. The molecule has 2 atom stereocenters. The van der Waals surface area contributed by atoms with Gasteiger partial charge < -0.3 is 9.45 Å². The molecule has 12 nitrogen and oxygen atoms in total. The summed E-state index contributed by atoms with van der Waals surface area (Å²) in [6.45, 7) is 2.73. The van der Waals surface area contributed by atoms with Crippen molar-refractivity contribution in [2.45, 2.75) is 38.8 Å². The van der Waals surface area contributed by atoms with Crippen LogP contribution in [0.1, 0.15) is 26.7 Å². The first-order valence-corrected chi connectivity index (χ1v) is 8.56. The number of rotatable bonds is 4. The summed E-state index contributed by atoms with van der Waals surface area (Å²) in [6, 6.07) is -0.792. The number of hydrogen-bond donors (Lipinski definition) is 2. The Morgan fingerprint density at radius 2 is 1.96 bits per heavy atom. The van der Waals surface area contributed by atoms with Gasteiger partial charge in [-0.3, -0.25) is 20.4 Å². The SMILES string of the molecule is CC(C)(C#N)C(=O)NNC(=O)[C@@H]1CC[C@H]2CN1C(=O)N2OS(=O)(=O)[O-].[Na+]. The van der Waals surface area contributed by atoms with Gasteiger partial charge in [0.1, 0.15) is 11.5 Å². The van der Waals surface area contributed by atoms with Gasteiger partial charge in [-0.2, -0.15) is 14.6 Å². The van der Waals surface area contributed by atoms with E-state index >= 15 is 0 Å². The van der Waals surface area contributed by atoms with E-state index in [2.05, 4.69) is 15.1 Å². The summed E-state index contributed by atoms with van der Waals surface area (Å²) in [5.41, 5.74) is 2.88. The van der Waals surface area contributed by atoms with Crippen molar-refractivity contribution in [2.24, 2.45) is 5.41 Å². The third kappa shape index (κ3) is 4.84. The van der Waals surface area contributed by atoms with Crippen LogP contribution in [0.2, 0.25) is 0 Å². The topological polar surface area (TPSA) is 172 Å². The molecule has 4 amide bonds. The van der Waals surface area contributed by atoms with Crippen LogP contribution in [0.5, 0.6) is 0 Å². The Morgan fingerprint density at radius 1 is 1.35 bits per heavy atom. The van der Waals surface area contributed by atoms with Gasteiger partial charge in [0.05, 0.1) is 12.1 Å². The number of nitriles is 1. The van der Waals surface area contributed by atoms with Crippen LogP contribution < -0.4 is 40.4 Å². The average molecular weight is 397 g/mol. The zero-order valence-corrected chi connectivity index (χ0v) is 17.2. The molecule has 2 fully saturated rings. The van der Waals surface area contributed by atoms with Crippen molar-refractivity contribution in [1.29, 1.82) is 5.26 Å². The Kier molecular flexibility index (Phi) is 7.02. The molecule has 26 heavy (non-hydrogen) atoms. The molecule has 0 aromatic heterocycles. The van der Waals surface area contributed by atoms with Crippen LogP contribution in [0.15, 0.2) is 0 Å². The maximum Gasteiger partial charge on any atom is 1.00 e. The molecular weight excluding hydrogens is 381 g/mol. The molecule has 2 aliphatic rings. The molecule has 2 saturated heterocycles. The number of hydrazine groups is 1. The summed E-state index contributed by atoms with van der Waals surface area (Å²) in [5, 5.41) is 9.30. The molecule has 0 aliphatic carbocycles. The van der Waals surface area contributed by atoms with Crippen molar-refractivity contribution >= 4 is 28.2 Å². The van der Waals surface area contributed by atoms with E-state index in [-0.39, 0.29) is 48.9 Å². The molecule has 0 unspecified atom stereocenters. The number of nitrogens with zero attached hydrogens (tertiary/aromatic N) is 3. The van der Waals surface area contributed by atoms with Gasteiger partial charge in [0.15, 0.2) is 0 Å². The van der Waals surface area contributed by atoms with E-state index in [0.717, 1.165) is 4.90 Å². The molecule has 2 N–H and O–H groups in total. The number of piperidine rings is 1. The second-order valence-corrected chi connectivity index (χ2v) is 7.14. The first kappa shape index (κ1) is 22.6. The van der Waals surface area contributed by atoms with E-state index in [1.54, 1.807) is 6.07 Å². The van der Waals surface area contributed by atoms with Gasteiger partial charge in [0.2, 0.25) is 10.4 Å². The Bertz CT molecular complexity index is 750. The number of carbonyl (C=O) groups excluding carboxylic acids is 3. The summed E-state index contributed by atoms with van der Waals surface area (Å²) in [7, 11) is -5.12. The molecule has 2 bridgehead atoms. The van der Waals surface area contributed by atoms with Gasteiger partial charge in [-0.25, -0.2) is 13.2 Å². The Balaban J connectivity index is 0.00000338. The van der Waals surface area contributed by atoms with Crippen molar-refractivity contribution in [2.75, 3.05) is 6.54 Å². The van der Waals surface area contributed by atoms with Gasteiger partial charge in [0, 0.05) is 6.54 Å². The van der Waals surface area contributed by atoms with E-state index in [9.17, 15) is 27.4 Å². The molecule has 138 valence electrons. The Labute approximate surface area is 172 Å². The van der Waals surface area contributed by atoms with Gasteiger partial charge in [-0.15, -0.1) is 0 Å². The Morgan fingerprint density at radius 3 is 2.50 bits per heavy atom. The summed E-state index contributed by atoms with van der Waals surface area (Å²) >= 11 is 0. The van der Waals surface area contributed by atoms with Gasteiger partial charge in [0.25, 0.3) is 11.8 Å². The minimum atomic E-state index is -5.12. The molecule has 14 heteroatoms. The molecular formula is C12H16N5NaO7S. The largest absolute Gasteiger partial charge is 1.00 e. The second-order valence-electron chi connectivity index (χ2n) is 6.17. The van der Waals surface area contributed by atoms with Crippen molar-refractivity contribution in [3.05, 3.63) is 0 Å². The zero-order valence-electron chi connectivity index (χ0n) is 14.4. The Hall–Kier alpha value is -1.43. The number of nitrogens with one attached hydrogen (secondary N) is 2. The number of fused-ring (bicyclic) bond motifs is 2. The fraction of sp³-hybridized carbons (Fsp3) is 0.667. The molecule has 2 aliphatic heterocycles. The van der Waals surface area contributed by atoms with Gasteiger partial charge >= 0.3 is 35.6 Å². The van der Waals surface area contributed by atoms with Crippen molar-refractivity contribution < 1.29 is 61.2 Å². The fourth-order valence-corrected chi connectivity index (χ4v) is 2.89. The number of carbonyl (C=O) groups is 3.